The Kier molecular flexibility index (Phi) is 7.50. The molecule has 0 spiro atoms. The van der Waals surface area contributed by atoms with Gasteiger partial charge in [-0.05, 0) is 49.7 Å². The van der Waals surface area contributed by atoms with Crippen LogP contribution in [-0.4, -0.2) is 34.6 Å². The minimum Gasteiger partial charge on any atom is -0.496 e. The maximum Gasteiger partial charge on any atom is 0.308 e. The minimum atomic E-state index is -1.78. The first-order valence-corrected chi connectivity index (χ1v) is 12.3. The summed E-state index contributed by atoms with van der Waals surface area (Å²) in [5, 5.41) is 0. The van der Waals surface area contributed by atoms with Gasteiger partial charge < -0.3 is 13.9 Å². The Balaban J connectivity index is 3.09. The van der Waals surface area contributed by atoms with Crippen molar-refractivity contribution in [3.05, 3.63) is 28.2 Å². The third-order valence-corrected chi connectivity index (χ3v) is 5.30. The van der Waals surface area contributed by atoms with Crippen LogP contribution in [0.3, 0.4) is 0 Å². The number of hydrogen-bond acceptors (Lipinski definition) is 4. The van der Waals surface area contributed by atoms with Crippen molar-refractivity contribution in [3.63, 3.8) is 0 Å². The molecule has 4 nitrogen and oxygen atoms in total. The van der Waals surface area contributed by atoms with Crippen LogP contribution in [0.4, 0.5) is 0 Å². The molecular weight excluding hydrogens is 388 g/mol. The SMILES string of the molecule is COC(=O)C[C@@H](CC(C)(C)c1cc(Br)ccc1OC)O[Si](C)(C)C. The molecule has 0 unspecified atom stereocenters. The van der Waals surface area contributed by atoms with Crippen LogP contribution in [0, 0.1) is 0 Å². The Hall–Kier alpha value is -0.853. The molecule has 0 saturated carbocycles. The lowest BCUT2D eigenvalue weighted by Crippen LogP contribution is -2.37. The molecule has 136 valence electrons. The number of esters is 1. The van der Waals surface area contributed by atoms with E-state index in [-0.39, 0.29) is 23.9 Å². The quantitative estimate of drug-likeness (QED) is 0.445. The van der Waals surface area contributed by atoms with E-state index in [4.69, 9.17) is 13.9 Å². The zero-order valence-corrected chi connectivity index (χ0v) is 18.3. The third-order valence-electron chi connectivity index (χ3n) is 3.77. The van der Waals surface area contributed by atoms with Crippen LogP contribution in [0.15, 0.2) is 22.7 Å². The summed E-state index contributed by atoms with van der Waals surface area (Å²) in [5.41, 5.74) is 0.876. The first-order chi connectivity index (χ1) is 11.0. The molecule has 0 aromatic heterocycles. The number of ether oxygens (including phenoxy) is 2. The number of carbonyl (C=O) groups is 1. The maximum absolute atomic E-state index is 11.8. The van der Waals surface area contributed by atoms with Crippen LogP contribution in [0.5, 0.6) is 5.75 Å². The van der Waals surface area contributed by atoms with E-state index in [2.05, 4.69) is 55.5 Å². The van der Waals surface area contributed by atoms with Gasteiger partial charge in [-0.25, -0.2) is 0 Å². The van der Waals surface area contributed by atoms with Crippen LogP contribution in [-0.2, 0) is 19.4 Å². The fourth-order valence-corrected chi connectivity index (χ4v) is 4.34. The van der Waals surface area contributed by atoms with Gasteiger partial charge >= 0.3 is 5.97 Å². The van der Waals surface area contributed by atoms with Gasteiger partial charge in [0.2, 0.25) is 0 Å². The minimum absolute atomic E-state index is 0.178. The molecular formula is C18H29BrO4Si. The summed E-state index contributed by atoms with van der Waals surface area (Å²) in [6.45, 7) is 10.7. The topological polar surface area (TPSA) is 44.8 Å². The van der Waals surface area contributed by atoms with Crippen molar-refractivity contribution in [1.29, 1.82) is 0 Å². The molecule has 0 amide bonds. The second kappa shape index (κ2) is 8.49. The highest BCUT2D eigenvalue weighted by atomic mass is 79.9. The molecule has 0 fully saturated rings. The van der Waals surface area contributed by atoms with Crippen LogP contribution in [0.2, 0.25) is 19.6 Å². The Morgan fingerprint density at radius 3 is 2.38 bits per heavy atom. The normalized spacial score (nSPS) is 13.5. The number of halogens is 1. The van der Waals surface area contributed by atoms with Crippen molar-refractivity contribution in [1.82, 2.24) is 0 Å². The monoisotopic (exact) mass is 416 g/mol. The highest BCUT2D eigenvalue weighted by Gasteiger charge is 2.32. The zero-order chi connectivity index (χ0) is 18.5. The molecule has 0 aliphatic heterocycles. The molecule has 0 aliphatic rings. The fraction of sp³-hybridized carbons (Fsp3) is 0.611. The summed E-state index contributed by atoms with van der Waals surface area (Å²) >= 11 is 3.53. The highest BCUT2D eigenvalue weighted by molar-refractivity contribution is 9.10. The summed E-state index contributed by atoms with van der Waals surface area (Å²) in [5.74, 6) is 0.600. The fourth-order valence-electron chi connectivity index (χ4n) is 2.81. The summed E-state index contributed by atoms with van der Waals surface area (Å²) < 4.78 is 17.6. The first-order valence-electron chi connectivity index (χ1n) is 8.07. The van der Waals surface area contributed by atoms with E-state index in [1.807, 2.05) is 12.1 Å². The smallest absolute Gasteiger partial charge is 0.308 e. The van der Waals surface area contributed by atoms with Gasteiger partial charge in [-0.2, -0.15) is 0 Å². The second-order valence-electron chi connectivity index (χ2n) is 7.57. The van der Waals surface area contributed by atoms with Crippen LogP contribution in [0.1, 0.15) is 32.3 Å². The zero-order valence-electron chi connectivity index (χ0n) is 15.7. The largest absolute Gasteiger partial charge is 0.496 e. The van der Waals surface area contributed by atoms with Crippen LogP contribution < -0.4 is 4.74 Å². The van der Waals surface area contributed by atoms with E-state index in [0.29, 0.717) is 6.42 Å². The van der Waals surface area contributed by atoms with Crippen molar-refractivity contribution in [2.45, 2.75) is 57.8 Å². The lowest BCUT2D eigenvalue weighted by atomic mass is 9.78. The Bertz CT molecular complexity index is 567. The maximum atomic E-state index is 11.8. The second-order valence-corrected chi connectivity index (χ2v) is 12.9. The lowest BCUT2D eigenvalue weighted by molar-refractivity contribution is -0.142. The lowest BCUT2D eigenvalue weighted by Gasteiger charge is -2.34. The van der Waals surface area contributed by atoms with Gasteiger partial charge in [-0.1, -0.05) is 29.8 Å². The Labute approximate surface area is 155 Å². The van der Waals surface area contributed by atoms with E-state index in [1.54, 1.807) is 7.11 Å². The molecule has 24 heavy (non-hydrogen) atoms. The number of rotatable bonds is 8. The highest BCUT2D eigenvalue weighted by Crippen LogP contribution is 2.38. The summed E-state index contributed by atoms with van der Waals surface area (Å²) in [7, 11) is 1.31. The average Bonchev–Trinajstić information content (AvgIpc) is 2.44. The van der Waals surface area contributed by atoms with Gasteiger partial charge in [0, 0.05) is 10.0 Å². The molecule has 0 saturated heterocycles. The molecule has 0 aliphatic carbocycles. The molecule has 0 radical (unpaired) electrons. The molecule has 1 rings (SSSR count). The summed E-state index contributed by atoms with van der Waals surface area (Å²) in [6.07, 6.45) is 0.794. The van der Waals surface area contributed by atoms with Gasteiger partial charge in [0.25, 0.3) is 0 Å². The van der Waals surface area contributed by atoms with Gasteiger partial charge in [0.15, 0.2) is 8.32 Å². The van der Waals surface area contributed by atoms with E-state index in [1.165, 1.54) is 7.11 Å². The van der Waals surface area contributed by atoms with Crippen molar-refractivity contribution in [2.24, 2.45) is 0 Å². The third kappa shape index (κ3) is 6.57. The Morgan fingerprint density at radius 1 is 1.25 bits per heavy atom. The number of methoxy groups -OCH3 is 2. The van der Waals surface area contributed by atoms with E-state index < -0.39 is 8.32 Å². The van der Waals surface area contributed by atoms with Crippen molar-refractivity contribution in [2.75, 3.05) is 14.2 Å². The molecule has 6 heteroatoms. The molecule has 1 atom stereocenters. The van der Waals surface area contributed by atoms with E-state index in [9.17, 15) is 4.79 Å². The van der Waals surface area contributed by atoms with E-state index >= 15 is 0 Å². The van der Waals surface area contributed by atoms with Crippen molar-refractivity contribution in [3.8, 4) is 5.75 Å². The summed E-state index contributed by atoms with van der Waals surface area (Å²) in [4.78, 5) is 11.8. The van der Waals surface area contributed by atoms with Crippen LogP contribution in [0.25, 0.3) is 0 Å². The average molecular weight is 417 g/mol. The number of carbonyl (C=O) groups excluding carboxylic acids is 1. The first kappa shape index (κ1) is 21.2. The number of hydrogen-bond donors (Lipinski definition) is 0. The van der Waals surface area contributed by atoms with Crippen molar-refractivity contribution < 1.29 is 18.7 Å². The van der Waals surface area contributed by atoms with Gasteiger partial charge in [-0.15, -0.1) is 0 Å². The Morgan fingerprint density at radius 2 is 1.88 bits per heavy atom. The van der Waals surface area contributed by atoms with E-state index in [0.717, 1.165) is 15.8 Å². The number of benzene rings is 1. The molecule has 1 aromatic rings. The standard InChI is InChI=1S/C18H29BrO4Si/c1-18(2,15-10-13(19)8-9-16(15)21-3)12-14(11-17(20)22-4)23-24(5,6)7/h8-10,14H,11-12H2,1-7H3/t14-/m0/s1. The predicted molar refractivity (Wildman–Crippen MR) is 103 cm³/mol. The predicted octanol–water partition coefficient (Wildman–Crippen LogP) is 4.91. The molecule has 0 N–H and O–H groups in total. The van der Waals surface area contributed by atoms with Gasteiger partial charge in [0.1, 0.15) is 5.75 Å². The van der Waals surface area contributed by atoms with Crippen LogP contribution >= 0.6 is 15.9 Å². The molecule has 1 aromatic carbocycles. The van der Waals surface area contributed by atoms with Gasteiger partial charge in [-0.3, -0.25) is 4.79 Å². The van der Waals surface area contributed by atoms with Gasteiger partial charge in [0.05, 0.1) is 26.7 Å². The summed E-state index contributed by atoms with van der Waals surface area (Å²) in [6, 6.07) is 5.99. The molecule has 0 heterocycles. The molecule has 0 bridgehead atoms. The van der Waals surface area contributed by atoms with Crippen molar-refractivity contribution >= 4 is 30.2 Å².